The molecule has 5 nitrogen and oxygen atoms in total. The fraction of sp³-hybridized carbons (Fsp3) is 0.385. The number of nitrogens with zero attached hydrogens (tertiary/aromatic N) is 1. The van der Waals surface area contributed by atoms with Gasteiger partial charge in [-0.15, -0.1) is 22.7 Å². The number of thiophene rings is 1. The highest BCUT2D eigenvalue weighted by molar-refractivity contribution is 7.16. The lowest BCUT2D eigenvalue weighted by molar-refractivity contribution is -0.136. The van der Waals surface area contributed by atoms with Crippen molar-refractivity contribution in [1.82, 2.24) is 4.98 Å². The molecule has 3 heterocycles. The van der Waals surface area contributed by atoms with Gasteiger partial charge in [0.2, 0.25) is 0 Å². The van der Waals surface area contributed by atoms with Gasteiger partial charge in [0.15, 0.2) is 0 Å². The van der Waals surface area contributed by atoms with Crippen LogP contribution in [0.5, 0.6) is 0 Å². The Labute approximate surface area is 123 Å². The highest BCUT2D eigenvalue weighted by atomic mass is 32.1. The molecule has 7 heteroatoms. The second-order valence-electron chi connectivity index (χ2n) is 4.34. The van der Waals surface area contributed by atoms with Crippen LogP contribution in [0.4, 0.5) is 0 Å². The first-order valence-electron chi connectivity index (χ1n) is 6.18. The van der Waals surface area contributed by atoms with Gasteiger partial charge in [0.1, 0.15) is 11.1 Å². The zero-order chi connectivity index (χ0) is 13.9. The van der Waals surface area contributed by atoms with Crippen molar-refractivity contribution in [3.8, 4) is 10.6 Å². The maximum absolute atomic E-state index is 10.7. The van der Waals surface area contributed by atoms with Crippen LogP contribution in [-0.4, -0.2) is 35.9 Å². The normalized spacial score (nSPS) is 19.1. The molecule has 1 atom stereocenters. The Hall–Kier alpha value is -1.28. The molecular weight excluding hydrogens is 298 g/mol. The molecular formula is C13H13NO4S2. The SMILES string of the molecule is O=C(O)Cc1ccc(-c2csc(C3COCCO3)n2)s1. The van der Waals surface area contributed by atoms with Crippen molar-refractivity contribution in [2.75, 3.05) is 19.8 Å². The third kappa shape index (κ3) is 3.06. The Bertz CT molecular complexity index is 601. The standard InChI is InChI=1S/C13H13NO4S2/c15-12(16)5-8-1-2-11(20-8)9-7-19-13(14-9)10-6-17-3-4-18-10/h1-2,7,10H,3-6H2,(H,15,16). The number of carbonyl (C=O) groups is 1. The van der Waals surface area contributed by atoms with Crippen molar-refractivity contribution < 1.29 is 19.4 Å². The van der Waals surface area contributed by atoms with Gasteiger partial charge in [0.05, 0.1) is 36.8 Å². The van der Waals surface area contributed by atoms with Crippen LogP contribution in [0.3, 0.4) is 0 Å². The van der Waals surface area contributed by atoms with E-state index in [0.29, 0.717) is 19.8 Å². The molecule has 0 amide bonds. The molecule has 1 fully saturated rings. The molecule has 1 aliphatic heterocycles. The van der Waals surface area contributed by atoms with E-state index in [2.05, 4.69) is 4.98 Å². The summed E-state index contributed by atoms with van der Waals surface area (Å²) in [6, 6.07) is 3.76. The van der Waals surface area contributed by atoms with Gasteiger partial charge in [-0.25, -0.2) is 4.98 Å². The van der Waals surface area contributed by atoms with Crippen molar-refractivity contribution in [2.45, 2.75) is 12.5 Å². The van der Waals surface area contributed by atoms with Crippen molar-refractivity contribution >= 4 is 28.6 Å². The lowest BCUT2D eigenvalue weighted by atomic mass is 10.3. The quantitative estimate of drug-likeness (QED) is 0.940. The zero-order valence-electron chi connectivity index (χ0n) is 10.6. The van der Waals surface area contributed by atoms with Gasteiger partial charge in [-0.3, -0.25) is 4.79 Å². The minimum atomic E-state index is -0.815. The number of thiazole rings is 1. The Kier molecular flexibility index (Phi) is 4.11. The summed E-state index contributed by atoms with van der Waals surface area (Å²) in [6.45, 7) is 1.78. The molecule has 2 aromatic heterocycles. The molecule has 0 radical (unpaired) electrons. The van der Waals surface area contributed by atoms with Crippen LogP contribution < -0.4 is 0 Å². The molecule has 0 bridgehead atoms. The fourth-order valence-electron chi connectivity index (χ4n) is 1.94. The maximum atomic E-state index is 10.7. The lowest BCUT2D eigenvalue weighted by Gasteiger charge is -2.20. The molecule has 2 aromatic rings. The molecule has 106 valence electrons. The van der Waals surface area contributed by atoms with Crippen molar-refractivity contribution in [3.05, 3.63) is 27.4 Å². The van der Waals surface area contributed by atoms with E-state index in [1.165, 1.54) is 11.3 Å². The molecule has 1 N–H and O–H groups in total. The lowest BCUT2D eigenvalue weighted by Crippen LogP contribution is -2.21. The van der Waals surface area contributed by atoms with Crippen molar-refractivity contribution in [2.24, 2.45) is 0 Å². The maximum Gasteiger partial charge on any atom is 0.308 e. The molecule has 0 spiro atoms. The molecule has 20 heavy (non-hydrogen) atoms. The van der Waals surface area contributed by atoms with Crippen molar-refractivity contribution in [3.63, 3.8) is 0 Å². The average Bonchev–Trinajstić information content (AvgIpc) is 3.07. The number of rotatable bonds is 4. The van der Waals surface area contributed by atoms with Crippen LogP contribution in [0.1, 0.15) is 16.0 Å². The van der Waals surface area contributed by atoms with E-state index in [0.717, 1.165) is 20.5 Å². The first-order chi connectivity index (χ1) is 9.72. The third-order valence-electron chi connectivity index (χ3n) is 2.85. The number of carboxylic acid groups (broad SMARTS) is 1. The van der Waals surface area contributed by atoms with Crippen LogP contribution in [0.2, 0.25) is 0 Å². The summed E-state index contributed by atoms with van der Waals surface area (Å²) in [5, 5.41) is 11.7. The topological polar surface area (TPSA) is 68.7 Å². The number of aliphatic carboxylic acids is 1. The molecule has 3 rings (SSSR count). The van der Waals surface area contributed by atoms with E-state index in [1.54, 1.807) is 11.3 Å². The first kappa shape index (κ1) is 13.7. The van der Waals surface area contributed by atoms with Crippen LogP contribution in [0, 0.1) is 0 Å². The Morgan fingerprint density at radius 3 is 3.10 bits per heavy atom. The van der Waals surface area contributed by atoms with Crippen LogP contribution in [-0.2, 0) is 20.7 Å². The summed E-state index contributed by atoms with van der Waals surface area (Å²) in [4.78, 5) is 17.1. The fourth-order valence-corrected chi connectivity index (χ4v) is 3.82. The number of ether oxygens (including phenoxy) is 2. The minimum absolute atomic E-state index is 0.0568. The number of aromatic nitrogens is 1. The summed E-state index contributed by atoms with van der Waals surface area (Å²) in [5.74, 6) is -0.815. The van der Waals surface area contributed by atoms with Gasteiger partial charge in [-0.1, -0.05) is 0 Å². The van der Waals surface area contributed by atoms with Gasteiger partial charge < -0.3 is 14.6 Å². The highest BCUT2D eigenvalue weighted by Gasteiger charge is 2.20. The second-order valence-corrected chi connectivity index (χ2v) is 6.40. The molecule has 1 aliphatic rings. The Morgan fingerprint density at radius 2 is 2.35 bits per heavy atom. The van der Waals surface area contributed by atoms with E-state index < -0.39 is 5.97 Å². The highest BCUT2D eigenvalue weighted by Crippen LogP contribution is 2.32. The Balaban J connectivity index is 1.75. The van der Waals surface area contributed by atoms with E-state index in [9.17, 15) is 4.79 Å². The van der Waals surface area contributed by atoms with Gasteiger partial charge in [0, 0.05) is 10.3 Å². The molecule has 0 aromatic carbocycles. The van der Waals surface area contributed by atoms with Crippen LogP contribution >= 0.6 is 22.7 Å². The summed E-state index contributed by atoms with van der Waals surface area (Å²) in [6.07, 6.45) is -0.0257. The minimum Gasteiger partial charge on any atom is -0.481 e. The molecule has 1 saturated heterocycles. The first-order valence-corrected chi connectivity index (χ1v) is 7.87. The van der Waals surface area contributed by atoms with Gasteiger partial charge in [-0.2, -0.15) is 0 Å². The predicted molar refractivity (Wildman–Crippen MR) is 76.3 cm³/mol. The van der Waals surface area contributed by atoms with Gasteiger partial charge >= 0.3 is 5.97 Å². The number of carboxylic acids is 1. The second kappa shape index (κ2) is 6.01. The molecule has 1 unspecified atom stereocenters. The molecule has 0 saturated carbocycles. The van der Waals surface area contributed by atoms with E-state index in [-0.39, 0.29) is 12.5 Å². The summed E-state index contributed by atoms with van der Waals surface area (Å²) < 4.78 is 11.0. The van der Waals surface area contributed by atoms with E-state index >= 15 is 0 Å². The largest absolute Gasteiger partial charge is 0.481 e. The zero-order valence-corrected chi connectivity index (χ0v) is 12.2. The number of hydrogen-bond donors (Lipinski definition) is 1. The smallest absolute Gasteiger partial charge is 0.308 e. The number of hydrogen-bond acceptors (Lipinski definition) is 6. The summed E-state index contributed by atoms with van der Waals surface area (Å²) >= 11 is 3.01. The monoisotopic (exact) mass is 311 g/mol. The Morgan fingerprint density at radius 1 is 1.45 bits per heavy atom. The molecule has 0 aliphatic carbocycles. The third-order valence-corrected chi connectivity index (χ3v) is 4.90. The predicted octanol–water partition coefficient (Wildman–Crippen LogP) is 2.59. The van der Waals surface area contributed by atoms with E-state index in [1.807, 2.05) is 17.5 Å². The summed E-state index contributed by atoms with van der Waals surface area (Å²) in [7, 11) is 0. The van der Waals surface area contributed by atoms with Crippen LogP contribution in [0.15, 0.2) is 17.5 Å². The van der Waals surface area contributed by atoms with Crippen molar-refractivity contribution in [1.29, 1.82) is 0 Å². The average molecular weight is 311 g/mol. The summed E-state index contributed by atoms with van der Waals surface area (Å²) in [5.41, 5.74) is 0.876. The van der Waals surface area contributed by atoms with Gasteiger partial charge in [-0.05, 0) is 12.1 Å². The van der Waals surface area contributed by atoms with Crippen LogP contribution in [0.25, 0.3) is 10.6 Å². The van der Waals surface area contributed by atoms with Gasteiger partial charge in [0.25, 0.3) is 0 Å². The van der Waals surface area contributed by atoms with E-state index in [4.69, 9.17) is 14.6 Å².